The highest BCUT2D eigenvalue weighted by molar-refractivity contribution is 5.85. The standard InChI is InChI=1S/C13H13NO2/c1-2-11-13(15-9-5-8-14)10-6-3-4-7-12(10)16-11/h3-4,6-7H,2,5,9H2,1H3. The third-order valence-corrected chi connectivity index (χ3v) is 2.40. The Morgan fingerprint density at radius 1 is 1.38 bits per heavy atom. The van der Waals surface area contributed by atoms with E-state index in [1.165, 1.54) is 0 Å². The van der Waals surface area contributed by atoms with Gasteiger partial charge in [-0.2, -0.15) is 5.26 Å². The summed E-state index contributed by atoms with van der Waals surface area (Å²) in [6.45, 7) is 2.43. The minimum absolute atomic E-state index is 0.392. The lowest BCUT2D eigenvalue weighted by Gasteiger charge is -2.02. The van der Waals surface area contributed by atoms with Crippen LogP contribution in [0.4, 0.5) is 0 Å². The molecule has 0 amide bonds. The van der Waals surface area contributed by atoms with Crippen LogP contribution in [0.5, 0.6) is 5.75 Å². The molecule has 0 aliphatic heterocycles. The molecule has 1 aromatic heterocycles. The number of benzene rings is 1. The molecule has 0 aliphatic rings. The Bertz CT molecular complexity index is 522. The lowest BCUT2D eigenvalue weighted by Crippen LogP contribution is -1.97. The number of rotatable bonds is 4. The Morgan fingerprint density at radius 2 is 2.19 bits per heavy atom. The van der Waals surface area contributed by atoms with Gasteiger partial charge in [0.1, 0.15) is 18.0 Å². The number of hydrogen-bond donors (Lipinski definition) is 0. The van der Waals surface area contributed by atoms with Crippen LogP contribution in [0.1, 0.15) is 19.1 Å². The molecule has 1 heterocycles. The van der Waals surface area contributed by atoms with Crippen molar-refractivity contribution in [2.45, 2.75) is 19.8 Å². The third kappa shape index (κ3) is 1.87. The Morgan fingerprint density at radius 3 is 2.94 bits per heavy atom. The molecule has 0 atom stereocenters. The van der Waals surface area contributed by atoms with E-state index in [1.807, 2.05) is 31.2 Å². The van der Waals surface area contributed by atoms with Crippen molar-refractivity contribution in [3.05, 3.63) is 30.0 Å². The molecule has 0 N–H and O–H groups in total. The summed E-state index contributed by atoms with van der Waals surface area (Å²) < 4.78 is 11.3. The summed E-state index contributed by atoms with van der Waals surface area (Å²) in [6.07, 6.45) is 1.18. The molecule has 0 fully saturated rings. The highest BCUT2D eigenvalue weighted by Gasteiger charge is 2.13. The van der Waals surface area contributed by atoms with Crippen molar-refractivity contribution < 1.29 is 9.15 Å². The Hall–Kier alpha value is -1.95. The summed E-state index contributed by atoms with van der Waals surface area (Å²) >= 11 is 0. The predicted molar refractivity (Wildman–Crippen MR) is 61.3 cm³/mol. The van der Waals surface area contributed by atoms with Crippen molar-refractivity contribution in [3.8, 4) is 11.8 Å². The summed E-state index contributed by atoms with van der Waals surface area (Å²) in [7, 11) is 0. The van der Waals surface area contributed by atoms with E-state index in [2.05, 4.69) is 6.07 Å². The first-order chi connectivity index (χ1) is 7.86. The zero-order valence-corrected chi connectivity index (χ0v) is 9.19. The maximum Gasteiger partial charge on any atom is 0.168 e. The third-order valence-electron chi connectivity index (χ3n) is 2.40. The van der Waals surface area contributed by atoms with Gasteiger partial charge in [0, 0.05) is 6.42 Å². The fourth-order valence-electron chi connectivity index (χ4n) is 1.66. The number of furan rings is 1. The van der Waals surface area contributed by atoms with Gasteiger partial charge in [0.15, 0.2) is 5.75 Å². The van der Waals surface area contributed by atoms with Crippen molar-refractivity contribution in [1.29, 1.82) is 5.26 Å². The van der Waals surface area contributed by atoms with Gasteiger partial charge in [-0.05, 0) is 12.1 Å². The van der Waals surface area contributed by atoms with Crippen LogP contribution in [0.3, 0.4) is 0 Å². The molecular formula is C13H13NO2. The largest absolute Gasteiger partial charge is 0.488 e. The first-order valence-electron chi connectivity index (χ1n) is 5.37. The number of aryl methyl sites for hydroxylation is 1. The van der Waals surface area contributed by atoms with Crippen LogP contribution < -0.4 is 4.74 Å². The molecule has 16 heavy (non-hydrogen) atoms. The van der Waals surface area contributed by atoms with Crippen LogP contribution in [0.2, 0.25) is 0 Å². The smallest absolute Gasteiger partial charge is 0.168 e. The van der Waals surface area contributed by atoms with Crippen molar-refractivity contribution >= 4 is 11.0 Å². The van der Waals surface area contributed by atoms with E-state index in [-0.39, 0.29) is 0 Å². The Balaban J connectivity index is 2.36. The molecule has 3 nitrogen and oxygen atoms in total. The van der Waals surface area contributed by atoms with Crippen LogP contribution in [0, 0.1) is 11.3 Å². The molecular weight excluding hydrogens is 202 g/mol. The summed E-state index contributed by atoms with van der Waals surface area (Å²) in [5, 5.41) is 9.46. The molecule has 3 heteroatoms. The van der Waals surface area contributed by atoms with E-state index in [0.717, 1.165) is 28.9 Å². The molecule has 0 unspecified atom stereocenters. The van der Waals surface area contributed by atoms with E-state index < -0.39 is 0 Å². The van der Waals surface area contributed by atoms with Crippen LogP contribution in [0.25, 0.3) is 11.0 Å². The van der Waals surface area contributed by atoms with Gasteiger partial charge in [0.2, 0.25) is 0 Å². The Labute approximate surface area is 94.2 Å². The topological polar surface area (TPSA) is 46.2 Å². The number of fused-ring (bicyclic) bond motifs is 1. The van der Waals surface area contributed by atoms with Gasteiger partial charge >= 0.3 is 0 Å². The molecule has 2 rings (SSSR count). The van der Waals surface area contributed by atoms with Gasteiger partial charge < -0.3 is 9.15 Å². The number of para-hydroxylation sites is 1. The molecule has 0 radical (unpaired) electrons. The average Bonchev–Trinajstić information content (AvgIpc) is 2.68. The number of nitrogens with zero attached hydrogens (tertiary/aromatic N) is 1. The maximum absolute atomic E-state index is 8.48. The zero-order chi connectivity index (χ0) is 11.4. The van der Waals surface area contributed by atoms with Crippen molar-refractivity contribution in [2.24, 2.45) is 0 Å². The summed E-state index contributed by atoms with van der Waals surface area (Å²) in [4.78, 5) is 0. The van der Waals surface area contributed by atoms with Crippen molar-refractivity contribution in [1.82, 2.24) is 0 Å². The highest BCUT2D eigenvalue weighted by atomic mass is 16.5. The van der Waals surface area contributed by atoms with E-state index in [4.69, 9.17) is 14.4 Å². The summed E-state index contributed by atoms with van der Waals surface area (Å²) in [5.41, 5.74) is 0.839. The van der Waals surface area contributed by atoms with Gasteiger partial charge in [0.25, 0.3) is 0 Å². The normalized spacial score (nSPS) is 10.2. The second-order valence-corrected chi connectivity index (χ2v) is 3.46. The van der Waals surface area contributed by atoms with Gasteiger partial charge in [-0.15, -0.1) is 0 Å². The molecule has 0 spiro atoms. The second kappa shape index (κ2) is 4.71. The minimum atomic E-state index is 0.392. The molecule has 0 saturated carbocycles. The van der Waals surface area contributed by atoms with Crippen molar-refractivity contribution in [3.63, 3.8) is 0 Å². The predicted octanol–water partition coefficient (Wildman–Crippen LogP) is 3.29. The van der Waals surface area contributed by atoms with E-state index in [9.17, 15) is 0 Å². The van der Waals surface area contributed by atoms with Crippen LogP contribution in [-0.2, 0) is 6.42 Å². The zero-order valence-electron chi connectivity index (χ0n) is 9.19. The molecule has 0 bridgehead atoms. The molecule has 0 aliphatic carbocycles. The molecule has 2 aromatic rings. The summed E-state index contributed by atoms with van der Waals surface area (Å²) in [5.74, 6) is 1.63. The molecule has 1 aromatic carbocycles. The van der Waals surface area contributed by atoms with Crippen LogP contribution >= 0.6 is 0 Å². The van der Waals surface area contributed by atoms with Gasteiger partial charge in [-0.1, -0.05) is 19.1 Å². The molecule has 82 valence electrons. The maximum atomic E-state index is 8.48. The van der Waals surface area contributed by atoms with Crippen LogP contribution in [-0.4, -0.2) is 6.61 Å². The van der Waals surface area contributed by atoms with Crippen molar-refractivity contribution in [2.75, 3.05) is 6.61 Å². The fourth-order valence-corrected chi connectivity index (χ4v) is 1.66. The SMILES string of the molecule is CCc1oc2ccccc2c1OCCC#N. The average molecular weight is 215 g/mol. The van der Waals surface area contributed by atoms with Gasteiger partial charge in [-0.25, -0.2) is 0 Å². The summed E-state index contributed by atoms with van der Waals surface area (Å²) in [6, 6.07) is 9.84. The second-order valence-electron chi connectivity index (χ2n) is 3.46. The number of nitriles is 1. The highest BCUT2D eigenvalue weighted by Crippen LogP contribution is 2.33. The lowest BCUT2D eigenvalue weighted by atomic mass is 10.2. The van der Waals surface area contributed by atoms with E-state index >= 15 is 0 Å². The fraction of sp³-hybridized carbons (Fsp3) is 0.308. The first-order valence-corrected chi connectivity index (χ1v) is 5.37. The van der Waals surface area contributed by atoms with Gasteiger partial charge in [0.05, 0.1) is 17.9 Å². The van der Waals surface area contributed by atoms with Gasteiger partial charge in [-0.3, -0.25) is 0 Å². The first kappa shape index (κ1) is 10.6. The number of ether oxygens (including phenoxy) is 1. The number of hydrogen-bond acceptors (Lipinski definition) is 3. The van der Waals surface area contributed by atoms with Crippen LogP contribution in [0.15, 0.2) is 28.7 Å². The van der Waals surface area contributed by atoms with E-state index in [0.29, 0.717) is 13.0 Å². The monoisotopic (exact) mass is 215 g/mol. The van der Waals surface area contributed by atoms with E-state index in [1.54, 1.807) is 0 Å². The quantitative estimate of drug-likeness (QED) is 0.735. The Kier molecular flexibility index (Phi) is 3.11. The molecule has 0 saturated heterocycles. The lowest BCUT2D eigenvalue weighted by molar-refractivity contribution is 0.319. The minimum Gasteiger partial charge on any atom is -0.488 e.